The van der Waals surface area contributed by atoms with Crippen LogP contribution in [0.15, 0.2) is 12.1 Å². The van der Waals surface area contributed by atoms with E-state index in [2.05, 4.69) is 16.4 Å². The maximum atomic E-state index is 6.10. The summed E-state index contributed by atoms with van der Waals surface area (Å²) in [5, 5.41) is 4.55. The van der Waals surface area contributed by atoms with Gasteiger partial charge in [-0.3, -0.25) is 0 Å². The van der Waals surface area contributed by atoms with Crippen molar-refractivity contribution in [2.24, 2.45) is 5.92 Å². The van der Waals surface area contributed by atoms with Gasteiger partial charge >= 0.3 is 0 Å². The second-order valence-corrected chi connectivity index (χ2v) is 6.31. The summed E-state index contributed by atoms with van der Waals surface area (Å²) in [5.74, 6) is 0.681. The SMILES string of the molecule is Cc1nc2cc(NCC3CCOCC3)c(N)cc2s1. The molecule has 0 spiro atoms. The van der Waals surface area contributed by atoms with Gasteiger partial charge in [-0.05, 0) is 37.8 Å². The topological polar surface area (TPSA) is 60.2 Å². The van der Waals surface area contributed by atoms with Crippen LogP contribution in [0.25, 0.3) is 10.2 Å². The molecule has 0 atom stereocenters. The van der Waals surface area contributed by atoms with Gasteiger partial charge in [-0.2, -0.15) is 0 Å². The summed E-state index contributed by atoms with van der Waals surface area (Å²) in [7, 11) is 0. The first-order valence-electron chi connectivity index (χ1n) is 6.70. The van der Waals surface area contributed by atoms with Crippen molar-refractivity contribution in [2.45, 2.75) is 19.8 Å². The summed E-state index contributed by atoms with van der Waals surface area (Å²) >= 11 is 1.69. The Labute approximate surface area is 117 Å². The predicted octanol–water partition coefficient (Wildman–Crippen LogP) is 3.03. The lowest BCUT2D eigenvalue weighted by Crippen LogP contribution is -2.22. The van der Waals surface area contributed by atoms with Crippen molar-refractivity contribution >= 4 is 32.9 Å². The Hall–Kier alpha value is -1.33. The monoisotopic (exact) mass is 277 g/mol. The molecule has 1 aliphatic rings. The van der Waals surface area contributed by atoms with Crippen molar-refractivity contribution in [1.29, 1.82) is 0 Å². The van der Waals surface area contributed by atoms with Crippen molar-refractivity contribution < 1.29 is 4.74 Å². The van der Waals surface area contributed by atoms with Crippen LogP contribution in [0.1, 0.15) is 17.8 Å². The number of nitrogens with one attached hydrogen (secondary N) is 1. The Balaban J connectivity index is 1.74. The number of ether oxygens (including phenoxy) is 1. The Kier molecular flexibility index (Phi) is 3.57. The Morgan fingerprint density at radius 2 is 2.21 bits per heavy atom. The normalized spacial score (nSPS) is 16.9. The smallest absolute Gasteiger partial charge is 0.0907 e. The fourth-order valence-corrected chi connectivity index (χ4v) is 3.32. The molecule has 1 aliphatic heterocycles. The second-order valence-electron chi connectivity index (χ2n) is 5.08. The third-order valence-electron chi connectivity index (χ3n) is 3.59. The standard InChI is InChI=1S/C14H19N3OS/c1-9-17-13-7-12(11(15)6-14(13)19-9)16-8-10-2-4-18-5-3-10/h6-7,10,16H,2-5,8,15H2,1H3. The molecule has 3 rings (SSSR count). The minimum absolute atomic E-state index is 0.681. The Bertz CT molecular complexity index is 575. The molecule has 4 nitrogen and oxygen atoms in total. The van der Waals surface area contributed by atoms with Gasteiger partial charge in [0.15, 0.2) is 0 Å². The molecule has 102 valence electrons. The average molecular weight is 277 g/mol. The van der Waals surface area contributed by atoms with Crippen LogP contribution in [-0.2, 0) is 4.74 Å². The van der Waals surface area contributed by atoms with E-state index in [1.54, 1.807) is 11.3 Å². The zero-order valence-corrected chi connectivity index (χ0v) is 11.9. The van der Waals surface area contributed by atoms with Crippen LogP contribution in [0.5, 0.6) is 0 Å². The third kappa shape index (κ3) is 2.82. The molecule has 1 fully saturated rings. The molecule has 5 heteroatoms. The van der Waals surface area contributed by atoms with E-state index in [4.69, 9.17) is 10.5 Å². The first-order chi connectivity index (χ1) is 9.22. The molecule has 0 aliphatic carbocycles. The van der Waals surface area contributed by atoms with Gasteiger partial charge in [-0.15, -0.1) is 11.3 Å². The second kappa shape index (κ2) is 5.35. The zero-order chi connectivity index (χ0) is 13.2. The number of anilines is 2. The van der Waals surface area contributed by atoms with Crippen LogP contribution in [0, 0.1) is 12.8 Å². The molecule has 0 radical (unpaired) electrons. The van der Waals surface area contributed by atoms with Gasteiger partial charge in [0.1, 0.15) is 0 Å². The van der Waals surface area contributed by atoms with Crippen molar-refractivity contribution in [2.75, 3.05) is 30.8 Å². The number of nitrogen functional groups attached to an aromatic ring is 1. The molecule has 1 aromatic heterocycles. The molecular formula is C14H19N3OS. The van der Waals surface area contributed by atoms with E-state index in [1.165, 1.54) is 0 Å². The number of nitrogens with zero attached hydrogens (tertiary/aromatic N) is 1. The van der Waals surface area contributed by atoms with Crippen molar-refractivity contribution in [3.8, 4) is 0 Å². The molecule has 1 aromatic carbocycles. The largest absolute Gasteiger partial charge is 0.397 e. The van der Waals surface area contributed by atoms with Crippen molar-refractivity contribution in [3.05, 3.63) is 17.1 Å². The first-order valence-corrected chi connectivity index (χ1v) is 7.52. The van der Waals surface area contributed by atoms with Gasteiger partial charge in [0.05, 0.1) is 26.6 Å². The summed E-state index contributed by atoms with van der Waals surface area (Å²) in [6.07, 6.45) is 2.26. The maximum Gasteiger partial charge on any atom is 0.0907 e. The molecule has 0 saturated carbocycles. The summed E-state index contributed by atoms with van der Waals surface area (Å²) in [4.78, 5) is 4.51. The van der Waals surface area contributed by atoms with E-state index < -0.39 is 0 Å². The summed E-state index contributed by atoms with van der Waals surface area (Å²) in [5.41, 5.74) is 8.95. The lowest BCUT2D eigenvalue weighted by molar-refractivity contribution is 0.0699. The molecule has 19 heavy (non-hydrogen) atoms. The van der Waals surface area contributed by atoms with Crippen LogP contribution in [0.3, 0.4) is 0 Å². The van der Waals surface area contributed by atoms with E-state index in [9.17, 15) is 0 Å². The molecule has 0 bridgehead atoms. The number of benzene rings is 1. The number of aryl methyl sites for hydroxylation is 1. The van der Waals surface area contributed by atoms with Gasteiger partial charge in [-0.1, -0.05) is 0 Å². The molecule has 0 unspecified atom stereocenters. The lowest BCUT2D eigenvalue weighted by atomic mass is 10.0. The highest BCUT2D eigenvalue weighted by molar-refractivity contribution is 7.18. The molecule has 2 heterocycles. The quantitative estimate of drug-likeness (QED) is 0.847. The number of fused-ring (bicyclic) bond motifs is 1. The van der Waals surface area contributed by atoms with E-state index in [1.807, 2.05) is 13.0 Å². The van der Waals surface area contributed by atoms with E-state index in [0.29, 0.717) is 5.92 Å². The highest BCUT2D eigenvalue weighted by Gasteiger charge is 2.14. The van der Waals surface area contributed by atoms with E-state index >= 15 is 0 Å². The number of nitrogens with two attached hydrogens (primary N) is 1. The minimum atomic E-state index is 0.681. The number of aromatic nitrogens is 1. The van der Waals surface area contributed by atoms with Crippen LogP contribution >= 0.6 is 11.3 Å². The minimum Gasteiger partial charge on any atom is -0.397 e. The average Bonchev–Trinajstić information content (AvgIpc) is 2.76. The number of hydrogen-bond acceptors (Lipinski definition) is 5. The number of rotatable bonds is 3. The lowest BCUT2D eigenvalue weighted by Gasteiger charge is -2.23. The molecule has 3 N–H and O–H groups in total. The molecule has 1 saturated heterocycles. The summed E-state index contributed by atoms with van der Waals surface area (Å²) in [6, 6.07) is 4.08. The van der Waals surface area contributed by atoms with E-state index in [0.717, 1.165) is 59.2 Å². The van der Waals surface area contributed by atoms with Crippen LogP contribution in [0.2, 0.25) is 0 Å². The highest BCUT2D eigenvalue weighted by atomic mass is 32.1. The van der Waals surface area contributed by atoms with Crippen molar-refractivity contribution in [1.82, 2.24) is 4.98 Å². The number of hydrogen-bond donors (Lipinski definition) is 2. The van der Waals surface area contributed by atoms with Crippen LogP contribution < -0.4 is 11.1 Å². The molecule has 2 aromatic rings. The molecular weight excluding hydrogens is 258 g/mol. The first kappa shape index (κ1) is 12.7. The zero-order valence-electron chi connectivity index (χ0n) is 11.1. The van der Waals surface area contributed by atoms with Crippen LogP contribution in [0.4, 0.5) is 11.4 Å². The number of thiazole rings is 1. The predicted molar refractivity (Wildman–Crippen MR) is 80.8 cm³/mol. The van der Waals surface area contributed by atoms with Crippen molar-refractivity contribution in [3.63, 3.8) is 0 Å². The van der Waals surface area contributed by atoms with Gasteiger partial charge < -0.3 is 15.8 Å². The van der Waals surface area contributed by atoms with Gasteiger partial charge in [0.25, 0.3) is 0 Å². The van der Waals surface area contributed by atoms with E-state index in [-0.39, 0.29) is 0 Å². The van der Waals surface area contributed by atoms with Gasteiger partial charge in [0, 0.05) is 19.8 Å². The van der Waals surface area contributed by atoms with Crippen LogP contribution in [-0.4, -0.2) is 24.7 Å². The Morgan fingerprint density at radius 3 is 3.00 bits per heavy atom. The van der Waals surface area contributed by atoms with Gasteiger partial charge in [0.2, 0.25) is 0 Å². The highest BCUT2D eigenvalue weighted by Crippen LogP contribution is 2.30. The third-order valence-corrected chi connectivity index (χ3v) is 4.52. The maximum absolute atomic E-state index is 6.10. The Morgan fingerprint density at radius 1 is 1.42 bits per heavy atom. The summed E-state index contributed by atoms with van der Waals surface area (Å²) < 4.78 is 6.53. The molecule has 0 amide bonds. The fourth-order valence-electron chi connectivity index (χ4n) is 2.46. The summed E-state index contributed by atoms with van der Waals surface area (Å²) in [6.45, 7) is 4.75. The van der Waals surface area contributed by atoms with Gasteiger partial charge in [-0.25, -0.2) is 4.98 Å². The fraction of sp³-hybridized carbons (Fsp3) is 0.500.